The van der Waals surface area contributed by atoms with Crippen molar-refractivity contribution in [1.29, 1.82) is 0 Å². The molecule has 0 radical (unpaired) electrons. The van der Waals surface area contributed by atoms with Gasteiger partial charge in [0.25, 0.3) is 5.91 Å². The molecule has 3 aromatic rings. The number of tetrazole rings is 1. The molecule has 8 heteroatoms. The summed E-state index contributed by atoms with van der Waals surface area (Å²) >= 11 is 1.59. The van der Waals surface area contributed by atoms with Crippen LogP contribution >= 0.6 is 11.3 Å². The number of nitrogens with zero attached hydrogens (tertiary/aromatic N) is 5. The first-order valence-corrected chi connectivity index (χ1v) is 9.72. The standard InChI is InChI=1S/C19H20N6OS/c1-12-6-7-17-15(8-12)10-18(27-17)19(26)22-21-13(2)14-4-3-5-16(9-14)25-11-20-23-24-25/h3-5,9-12H,6-8H2,1-2H3,(H,22,26)/b21-13+. The van der Waals surface area contributed by atoms with E-state index in [1.807, 2.05) is 37.3 Å². The maximum atomic E-state index is 12.5. The zero-order valence-corrected chi connectivity index (χ0v) is 16.0. The number of carbonyl (C=O) groups excluding carboxylic acids is 1. The van der Waals surface area contributed by atoms with Gasteiger partial charge in [-0.15, -0.1) is 16.4 Å². The van der Waals surface area contributed by atoms with Crippen LogP contribution in [0, 0.1) is 5.92 Å². The number of aryl methyl sites for hydroxylation is 1. The third-order valence-electron chi connectivity index (χ3n) is 4.76. The summed E-state index contributed by atoms with van der Waals surface area (Å²) in [4.78, 5) is 14.6. The molecule has 138 valence electrons. The molecule has 4 rings (SSSR count). The molecule has 1 aliphatic rings. The first kappa shape index (κ1) is 17.5. The quantitative estimate of drug-likeness (QED) is 0.557. The summed E-state index contributed by atoms with van der Waals surface area (Å²) in [7, 11) is 0. The molecular weight excluding hydrogens is 360 g/mol. The van der Waals surface area contributed by atoms with Gasteiger partial charge in [0.15, 0.2) is 0 Å². The Labute approximate surface area is 161 Å². The summed E-state index contributed by atoms with van der Waals surface area (Å²) in [5, 5.41) is 15.5. The predicted octanol–water partition coefficient (Wildman–Crippen LogP) is 3.00. The van der Waals surface area contributed by atoms with E-state index in [0.717, 1.165) is 29.0 Å². The highest BCUT2D eigenvalue weighted by molar-refractivity contribution is 7.14. The Morgan fingerprint density at radius 3 is 3.07 bits per heavy atom. The van der Waals surface area contributed by atoms with Gasteiger partial charge in [0.05, 0.1) is 16.3 Å². The molecule has 27 heavy (non-hydrogen) atoms. The van der Waals surface area contributed by atoms with Gasteiger partial charge >= 0.3 is 0 Å². The third kappa shape index (κ3) is 3.80. The number of rotatable bonds is 4. The highest BCUT2D eigenvalue weighted by atomic mass is 32.1. The maximum absolute atomic E-state index is 12.5. The van der Waals surface area contributed by atoms with Crippen LogP contribution < -0.4 is 5.43 Å². The highest BCUT2D eigenvalue weighted by Crippen LogP contribution is 2.32. The lowest BCUT2D eigenvalue weighted by Crippen LogP contribution is -2.18. The minimum Gasteiger partial charge on any atom is -0.266 e. The summed E-state index contributed by atoms with van der Waals surface area (Å²) in [5.41, 5.74) is 6.44. The number of nitrogens with one attached hydrogen (secondary N) is 1. The zero-order chi connectivity index (χ0) is 18.8. The van der Waals surface area contributed by atoms with Crippen LogP contribution in [0.15, 0.2) is 41.8 Å². The smallest absolute Gasteiger partial charge is 0.266 e. The van der Waals surface area contributed by atoms with Crippen molar-refractivity contribution >= 4 is 23.0 Å². The number of hydrogen-bond acceptors (Lipinski definition) is 6. The molecule has 0 saturated heterocycles. The Hall–Kier alpha value is -2.87. The SMILES string of the molecule is C/C(=N\NC(=O)c1cc2c(s1)CCC(C)C2)c1cccc(-n2cnnn2)c1. The molecule has 1 atom stereocenters. The topological polar surface area (TPSA) is 85.1 Å². The summed E-state index contributed by atoms with van der Waals surface area (Å²) < 4.78 is 1.58. The lowest BCUT2D eigenvalue weighted by atomic mass is 9.90. The van der Waals surface area contributed by atoms with Gasteiger partial charge in [-0.05, 0) is 71.9 Å². The molecule has 2 aromatic heterocycles. The van der Waals surface area contributed by atoms with Gasteiger partial charge in [0.1, 0.15) is 6.33 Å². The van der Waals surface area contributed by atoms with Gasteiger partial charge in [-0.1, -0.05) is 19.1 Å². The molecule has 1 aliphatic carbocycles. The van der Waals surface area contributed by atoms with Gasteiger partial charge in [-0.3, -0.25) is 4.79 Å². The molecule has 1 aromatic carbocycles. The van der Waals surface area contributed by atoms with Gasteiger partial charge < -0.3 is 0 Å². The fourth-order valence-electron chi connectivity index (χ4n) is 3.23. The number of fused-ring (bicyclic) bond motifs is 1. The molecule has 0 bridgehead atoms. The Bertz CT molecular complexity index is 992. The van der Waals surface area contributed by atoms with Gasteiger partial charge in [-0.2, -0.15) is 5.10 Å². The average molecular weight is 380 g/mol. The number of aromatic nitrogens is 4. The summed E-state index contributed by atoms with van der Waals surface area (Å²) in [6.07, 6.45) is 4.86. The fourth-order valence-corrected chi connectivity index (χ4v) is 4.32. The van der Waals surface area contributed by atoms with Crippen LogP contribution in [0.4, 0.5) is 0 Å². The summed E-state index contributed by atoms with van der Waals surface area (Å²) in [6, 6.07) is 9.69. The summed E-state index contributed by atoms with van der Waals surface area (Å²) in [5.74, 6) is 0.536. The van der Waals surface area contributed by atoms with E-state index in [1.165, 1.54) is 23.2 Å². The van der Waals surface area contributed by atoms with Crippen LogP contribution in [-0.2, 0) is 12.8 Å². The number of thiophene rings is 1. The first-order chi connectivity index (χ1) is 13.1. The third-order valence-corrected chi connectivity index (χ3v) is 5.99. The van der Waals surface area contributed by atoms with Crippen LogP contribution in [0.5, 0.6) is 0 Å². The van der Waals surface area contributed by atoms with Gasteiger partial charge in [0, 0.05) is 4.88 Å². The van der Waals surface area contributed by atoms with Gasteiger partial charge in [0.2, 0.25) is 0 Å². The van der Waals surface area contributed by atoms with Crippen molar-refractivity contribution in [2.75, 3.05) is 0 Å². The minimum absolute atomic E-state index is 0.155. The second-order valence-electron chi connectivity index (χ2n) is 6.85. The van der Waals surface area contributed by atoms with E-state index < -0.39 is 0 Å². The normalized spacial score (nSPS) is 16.8. The Kier molecular flexibility index (Phi) is 4.81. The number of hydrazone groups is 1. The van der Waals surface area contributed by atoms with E-state index in [-0.39, 0.29) is 5.91 Å². The molecule has 0 saturated carbocycles. The second kappa shape index (κ2) is 7.40. The van der Waals surface area contributed by atoms with E-state index in [2.05, 4.69) is 33.0 Å². The molecular formula is C19H20N6OS. The molecule has 2 heterocycles. The van der Waals surface area contributed by atoms with Crippen molar-refractivity contribution in [3.05, 3.63) is 57.5 Å². The lowest BCUT2D eigenvalue weighted by molar-refractivity contribution is 0.0959. The van der Waals surface area contributed by atoms with E-state index in [9.17, 15) is 4.79 Å². The summed E-state index contributed by atoms with van der Waals surface area (Å²) in [6.45, 7) is 4.12. The van der Waals surface area contributed by atoms with Crippen molar-refractivity contribution in [1.82, 2.24) is 25.6 Å². The molecule has 0 aliphatic heterocycles. The maximum Gasteiger partial charge on any atom is 0.281 e. The van der Waals surface area contributed by atoms with Crippen LogP contribution in [0.1, 0.15) is 45.9 Å². The number of amides is 1. The van der Waals surface area contributed by atoms with E-state index >= 15 is 0 Å². The second-order valence-corrected chi connectivity index (χ2v) is 7.99. The van der Waals surface area contributed by atoms with Crippen LogP contribution in [0.2, 0.25) is 0 Å². The van der Waals surface area contributed by atoms with Crippen molar-refractivity contribution in [3.63, 3.8) is 0 Å². The Morgan fingerprint density at radius 2 is 2.26 bits per heavy atom. The molecule has 1 N–H and O–H groups in total. The average Bonchev–Trinajstić information content (AvgIpc) is 3.35. The van der Waals surface area contributed by atoms with Crippen LogP contribution in [0.3, 0.4) is 0 Å². The van der Waals surface area contributed by atoms with E-state index in [0.29, 0.717) is 11.6 Å². The van der Waals surface area contributed by atoms with Crippen molar-refractivity contribution in [2.24, 2.45) is 11.0 Å². The molecule has 1 unspecified atom stereocenters. The number of benzene rings is 1. The van der Waals surface area contributed by atoms with Crippen molar-refractivity contribution in [3.8, 4) is 5.69 Å². The van der Waals surface area contributed by atoms with E-state index in [1.54, 1.807) is 16.0 Å². The molecule has 0 spiro atoms. The van der Waals surface area contributed by atoms with Crippen molar-refractivity contribution < 1.29 is 4.79 Å². The largest absolute Gasteiger partial charge is 0.281 e. The number of hydrogen-bond donors (Lipinski definition) is 1. The number of carbonyl (C=O) groups is 1. The van der Waals surface area contributed by atoms with Crippen LogP contribution in [0.25, 0.3) is 5.69 Å². The van der Waals surface area contributed by atoms with Gasteiger partial charge in [-0.25, -0.2) is 10.1 Å². The Morgan fingerprint density at radius 1 is 1.37 bits per heavy atom. The molecule has 0 fully saturated rings. The predicted molar refractivity (Wildman–Crippen MR) is 104 cm³/mol. The fraction of sp³-hybridized carbons (Fsp3) is 0.316. The van der Waals surface area contributed by atoms with Crippen LogP contribution in [-0.4, -0.2) is 31.8 Å². The lowest BCUT2D eigenvalue weighted by Gasteiger charge is -2.16. The zero-order valence-electron chi connectivity index (χ0n) is 15.2. The monoisotopic (exact) mass is 380 g/mol. The minimum atomic E-state index is -0.155. The highest BCUT2D eigenvalue weighted by Gasteiger charge is 2.20. The Balaban J connectivity index is 1.48. The molecule has 7 nitrogen and oxygen atoms in total. The first-order valence-electron chi connectivity index (χ1n) is 8.90. The van der Waals surface area contributed by atoms with E-state index in [4.69, 9.17) is 0 Å². The molecule has 1 amide bonds. The van der Waals surface area contributed by atoms with Crippen molar-refractivity contribution in [2.45, 2.75) is 33.1 Å².